The zero-order valence-electron chi connectivity index (χ0n) is 14.2. The van der Waals surface area contributed by atoms with Crippen LogP contribution in [0.1, 0.15) is 42.5 Å². The molecule has 1 aromatic carbocycles. The van der Waals surface area contributed by atoms with Crippen molar-refractivity contribution in [2.24, 2.45) is 23.7 Å². The summed E-state index contributed by atoms with van der Waals surface area (Å²) in [6.45, 7) is 0. The van der Waals surface area contributed by atoms with Crippen LogP contribution in [0.4, 0.5) is 0 Å². The lowest BCUT2D eigenvalue weighted by Gasteiger charge is -2.53. The number of benzene rings is 1. The Balaban J connectivity index is 1.45. The number of carboxylic acid groups (broad SMARTS) is 1. The minimum atomic E-state index is -0.920. The fraction of sp³-hybridized carbons (Fsp3) is 0.476. The maximum atomic E-state index is 11.8. The molecular weight excluding hydrogens is 314 g/mol. The Bertz CT molecular complexity index is 767. The maximum absolute atomic E-state index is 11.8. The van der Waals surface area contributed by atoms with Gasteiger partial charge in [-0.15, -0.1) is 0 Å². The van der Waals surface area contributed by atoms with Gasteiger partial charge in [-0.05, 0) is 85.1 Å². The van der Waals surface area contributed by atoms with Crippen molar-refractivity contribution in [3.63, 3.8) is 0 Å². The summed E-state index contributed by atoms with van der Waals surface area (Å²) in [6.07, 6.45) is 10.4. The molecule has 4 aliphatic carbocycles. The van der Waals surface area contributed by atoms with Crippen LogP contribution in [0.2, 0.25) is 0 Å². The summed E-state index contributed by atoms with van der Waals surface area (Å²) >= 11 is 0. The van der Waals surface area contributed by atoms with Crippen LogP contribution in [0, 0.1) is 23.7 Å². The van der Waals surface area contributed by atoms with Crippen LogP contribution in [0.15, 0.2) is 36.7 Å². The fourth-order valence-corrected chi connectivity index (χ4v) is 5.70. The lowest BCUT2D eigenvalue weighted by atomic mass is 9.55. The second kappa shape index (κ2) is 5.65. The van der Waals surface area contributed by atoms with Gasteiger partial charge >= 0.3 is 5.97 Å². The van der Waals surface area contributed by atoms with Gasteiger partial charge in [0.25, 0.3) is 0 Å². The third kappa shape index (κ3) is 2.55. The van der Waals surface area contributed by atoms with Crippen molar-refractivity contribution in [2.75, 3.05) is 0 Å². The number of H-pyrrole nitrogens is 1. The Morgan fingerprint density at radius 2 is 1.72 bits per heavy atom. The molecule has 0 aliphatic heterocycles. The quantitative estimate of drug-likeness (QED) is 0.858. The number of hydrogen-bond donors (Lipinski definition) is 2. The van der Waals surface area contributed by atoms with Gasteiger partial charge in [-0.1, -0.05) is 6.07 Å². The molecule has 2 N–H and O–H groups in total. The average molecular weight is 337 g/mol. The van der Waals surface area contributed by atoms with Gasteiger partial charge in [-0.25, -0.2) is 4.79 Å². The highest BCUT2D eigenvalue weighted by atomic mass is 16.5. The van der Waals surface area contributed by atoms with Crippen molar-refractivity contribution in [1.82, 2.24) is 4.98 Å². The van der Waals surface area contributed by atoms with E-state index in [0.717, 1.165) is 23.0 Å². The van der Waals surface area contributed by atoms with Crippen molar-refractivity contribution in [1.29, 1.82) is 0 Å². The van der Waals surface area contributed by atoms with E-state index in [1.165, 1.54) is 32.1 Å². The molecule has 6 rings (SSSR count). The number of ether oxygens (including phenoxy) is 1. The third-order valence-electron chi connectivity index (χ3n) is 6.54. The van der Waals surface area contributed by atoms with Gasteiger partial charge in [0, 0.05) is 12.4 Å². The molecule has 2 aromatic rings. The van der Waals surface area contributed by atoms with Crippen LogP contribution in [0.25, 0.3) is 11.1 Å². The average Bonchev–Trinajstić information content (AvgIpc) is 3.12. The van der Waals surface area contributed by atoms with E-state index in [9.17, 15) is 9.90 Å². The maximum Gasteiger partial charge on any atom is 0.339 e. The predicted octanol–water partition coefficient (Wildman–Crippen LogP) is 4.58. The standard InChI is InChI=1S/C21H23NO3/c23-21(24)18-10-14(15-3-4-22-11-15)1-2-19(18)25-20-16-6-12-5-13(8-16)9-17(20)7-12/h1-4,10-13,16-17,20,22H,5-9H2,(H,23,24). The van der Waals surface area contributed by atoms with E-state index in [-0.39, 0.29) is 11.7 Å². The normalized spacial score (nSPS) is 32.7. The molecule has 130 valence electrons. The highest BCUT2D eigenvalue weighted by molar-refractivity contribution is 5.92. The van der Waals surface area contributed by atoms with E-state index in [4.69, 9.17) is 4.74 Å². The predicted molar refractivity (Wildman–Crippen MR) is 94.6 cm³/mol. The van der Waals surface area contributed by atoms with Gasteiger partial charge in [0.2, 0.25) is 0 Å². The van der Waals surface area contributed by atoms with E-state index >= 15 is 0 Å². The smallest absolute Gasteiger partial charge is 0.339 e. The molecular formula is C21H23NO3. The van der Waals surface area contributed by atoms with Crippen molar-refractivity contribution >= 4 is 5.97 Å². The minimum absolute atomic E-state index is 0.198. The highest BCUT2D eigenvalue weighted by Crippen LogP contribution is 2.54. The van der Waals surface area contributed by atoms with E-state index in [1.54, 1.807) is 6.07 Å². The SMILES string of the molecule is O=C(O)c1cc(-c2cc[nH]c2)ccc1OC1C2CC3CC(C2)CC1C3. The van der Waals surface area contributed by atoms with Crippen molar-refractivity contribution in [2.45, 2.75) is 38.2 Å². The number of aromatic nitrogens is 1. The van der Waals surface area contributed by atoms with Gasteiger partial charge in [0.15, 0.2) is 0 Å². The Morgan fingerprint density at radius 3 is 2.32 bits per heavy atom. The van der Waals surface area contributed by atoms with Gasteiger partial charge in [-0.2, -0.15) is 0 Å². The Kier molecular flexibility index (Phi) is 3.40. The Labute approximate surface area is 147 Å². The van der Waals surface area contributed by atoms with Crippen LogP contribution in [-0.4, -0.2) is 22.2 Å². The molecule has 4 nitrogen and oxygen atoms in total. The van der Waals surface area contributed by atoms with Gasteiger partial charge < -0.3 is 14.8 Å². The van der Waals surface area contributed by atoms with Crippen molar-refractivity contribution in [3.05, 3.63) is 42.2 Å². The van der Waals surface area contributed by atoms with Crippen LogP contribution < -0.4 is 4.74 Å². The lowest BCUT2D eigenvalue weighted by molar-refractivity contribution is -0.0792. The first-order valence-corrected chi connectivity index (χ1v) is 9.34. The lowest BCUT2D eigenvalue weighted by Crippen LogP contribution is -2.50. The molecule has 4 saturated carbocycles. The topological polar surface area (TPSA) is 62.3 Å². The summed E-state index contributed by atoms with van der Waals surface area (Å²) in [7, 11) is 0. The first kappa shape index (κ1) is 15.1. The van der Waals surface area contributed by atoms with Gasteiger partial charge in [0.05, 0.1) is 0 Å². The van der Waals surface area contributed by atoms with Crippen LogP contribution in [0.3, 0.4) is 0 Å². The Hall–Kier alpha value is -2.23. The highest BCUT2D eigenvalue weighted by Gasteiger charge is 2.49. The molecule has 0 atom stereocenters. The number of carbonyl (C=O) groups is 1. The van der Waals surface area contributed by atoms with E-state index in [1.807, 2.05) is 30.6 Å². The second-order valence-corrected chi connectivity index (χ2v) is 8.13. The largest absolute Gasteiger partial charge is 0.489 e. The van der Waals surface area contributed by atoms with E-state index in [0.29, 0.717) is 17.6 Å². The summed E-state index contributed by atoms with van der Waals surface area (Å²) < 4.78 is 6.37. The fourth-order valence-electron chi connectivity index (χ4n) is 5.70. The molecule has 4 fully saturated rings. The monoisotopic (exact) mass is 337 g/mol. The second-order valence-electron chi connectivity index (χ2n) is 8.13. The number of hydrogen-bond acceptors (Lipinski definition) is 2. The summed E-state index contributed by atoms with van der Waals surface area (Å²) in [4.78, 5) is 14.8. The first-order valence-electron chi connectivity index (χ1n) is 9.34. The first-order chi connectivity index (χ1) is 12.2. The van der Waals surface area contributed by atoms with Crippen LogP contribution in [-0.2, 0) is 0 Å². The molecule has 0 saturated heterocycles. The minimum Gasteiger partial charge on any atom is -0.489 e. The third-order valence-corrected chi connectivity index (χ3v) is 6.54. The summed E-state index contributed by atoms with van der Waals surface area (Å²) in [5.41, 5.74) is 2.16. The molecule has 0 amide bonds. The van der Waals surface area contributed by atoms with E-state index < -0.39 is 5.97 Å². The molecule has 0 spiro atoms. The van der Waals surface area contributed by atoms with Crippen LogP contribution in [0.5, 0.6) is 5.75 Å². The summed E-state index contributed by atoms with van der Waals surface area (Å²) in [6, 6.07) is 7.48. The van der Waals surface area contributed by atoms with Crippen molar-refractivity contribution < 1.29 is 14.6 Å². The number of aromatic carboxylic acids is 1. The number of rotatable bonds is 4. The molecule has 0 radical (unpaired) electrons. The molecule has 4 bridgehead atoms. The molecule has 1 aromatic heterocycles. The van der Waals surface area contributed by atoms with Gasteiger partial charge in [-0.3, -0.25) is 0 Å². The molecule has 4 aliphatic rings. The zero-order chi connectivity index (χ0) is 17.0. The number of carboxylic acids is 1. The summed E-state index contributed by atoms with van der Waals surface area (Å²) in [5.74, 6) is 2.61. The Morgan fingerprint density at radius 1 is 1.00 bits per heavy atom. The van der Waals surface area contributed by atoms with Crippen LogP contribution >= 0.6 is 0 Å². The number of aromatic amines is 1. The summed E-state index contributed by atoms with van der Waals surface area (Å²) in [5, 5.41) is 9.68. The van der Waals surface area contributed by atoms with Crippen molar-refractivity contribution in [3.8, 4) is 16.9 Å². The molecule has 4 heteroatoms. The molecule has 1 heterocycles. The molecule has 25 heavy (non-hydrogen) atoms. The number of nitrogens with one attached hydrogen (secondary N) is 1. The van der Waals surface area contributed by atoms with Gasteiger partial charge in [0.1, 0.15) is 17.4 Å². The zero-order valence-corrected chi connectivity index (χ0v) is 14.2. The van der Waals surface area contributed by atoms with E-state index in [2.05, 4.69) is 4.98 Å². The molecule has 0 unspecified atom stereocenters.